The molecule has 1 aliphatic rings. The minimum atomic E-state index is -0.781. The van der Waals surface area contributed by atoms with Gasteiger partial charge >= 0.3 is 5.97 Å². The third kappa shape index (κ3) is 2.86. The molecule has 1 rings (SSSR count). The second kappa shape index (κ2) is 4.84. The highest BCUT2D eigenvalue weighted by Crippen LogP contribution is 2.19. The maximum absolute atomic E-state index is 10.7. The zero-order chi connectivity index (χ0) is 9.84. The maximum atomic E-state index is 10.7. The molecular weight excluding hydrogens is 213 g/mol. The lowest BCUT2D eigenvalue weighted by molar-refractivity contribution is -0.141. The highest BCUT2D eigenvalue weighted by Gasteiger charge is 2.30. The predicted octanol–water partition coefficient (Wildman–Crippen LogP) is 1.85. The van der Waals surface area contributed by atoms with Crippen LogP contribution in [0.1, 0.15) is 12.8 Å². The first kappa shape index (κ1) is 10.8. The predicted molar refractivity (Wildman–Crippen MR) is 52.0 cm³/mol. The zero-order valence-corrected chi connectivity index (χ0v) is 8.55. The molecule has 5 heteroatoms. The van der Waals surface area contributed by atoms with Gasteiger partial charge in [0.05, 0.1) is 0 Å². The van der Waals surface area contributed by atoms with Gasteiger partial charge in [-0.2, -0.15) is 0 Å². The molecule has 1 fully saturated rings. The Balaban J connectivity index is 2.54. The fraction of sp³-hybridized carbons (Fsp3) is 0.625. The molecule has 74 valence electrons. The molecule has 1 heterocycles. The molecule has 0 aliphatic carbocycles. The molecule has 0 spiro atoms. The summed E-state index contributed by atoms with van der Waals surface area (Å²) in [6.07, 6.45) is 1.60. The summed E-state index contributed by atoms with van der Waals surface area (Å²) in [6, 6.07) is -0.398. The normalized spacial score (nSPS) is 25.1. The summed E-state index contributed by atoms with van der Waals surface area (Å²) < 4.78 is 0. The summed E-state index contributed by atoms with van der Waals surface area (Å²) in [7, 11) is 0. The fourth-order valence-corrected chi connectivity index (χ4v) is 1.75. The van der Waals surface area contributed by atoms with Crippen molar-refractivity contribution in [1.29, 1.82) is 0 Å². The van der Waals surface area contributed by atoms with E-state index in [4.69, 9.17) is 28.3 Å². The highest BCUT2D eigenvalue weighted by atomic mass is 35.5. The number of nitrogens with zero attached hydrogens (tertiary/aromatic N) is 1. The molecule has 0 bridgehead atoms. The third-order valence-corrected chi connectivity index (χ3v) is 2.72. The summed E-state index contributed by atoms with van der Waals surface area (Å²) in [5.74, 6) is -0.781. The van der Waals surface area contributed by atoms with Gasteiger partial charge in [0.2, 0.25) is 0 Å². The van der Waals surface area contributed by atoms with Gasteiger partial charge in [-0.3, -0.25) is 9.69 Å². The maximum Gasteiger partial charge on any atom is 0.320 e. The van der Waals surface area contributed by atoms with Gasteiger partial charge in [-0.25, -0.2) is 0 Å². The smallest absolute Gasteiger partial charge is 0.320 e. The van der Waals surface area contributed by atoms with Crippen molar-refractivity contribution in [2.45, 2.75) is 18.9 Å². The topological polar surface area (TPSA) is 40.5 Å². The van der Waals surface area contributed by atoms with E-state index in [0.717, 1.165) is 13.0 Å². The lowest BCUT2D eigenvalue weighted by atomic mass is 10.2. The first-order valence-corrected chi connectivity index (χ1v) is 4.88. The van der Waals surface area contributed by atoms with E-state index >= 15 is 0 Å². The van der Waals surface area contributed by atoms with Gasteiger partial charge in [0.15, 0.2) is 0 Å². The van der Waals surface area contributed by atoms with E-state index in [0.29, 0.717) is 18.0 Å². The SMILES string of the molecule is O=C(O)C1CCCN1CC(Cl)=CCl. The Hall–Kier alpha value is -0.250. The average molecular weight is 224 g/mol. The molecule has 3 nitrogen and oxygen atoms in total. The summed E-state index contributed by atoms with van der Waals surface area (Å²) in [5.41, 5.74) is 1.28. The van der Waals surface area contributed by atoms with Crippen molar-refractivity contribution in [3.63, 3.8) is 0 Å². The van der Waals surface area contributed by atoms with Crippen molar-refractivity contribution in [2.75, 3.05) is 13.1 Å². The summed E-state index contributed by atoms with van der Waals surface area (Å²) in [5, 5.41) is 9.31. The van der Waals surface area contributed by atoms with Crippen molar-refractivity contribution in [3.8, 4) is 0 Å². The molecule has 1 aliphatic heterocycles. The van der Waals surface area contributed by atoms with Crippen LogP contribution in [0.2, 0.25) is 0 Å². The van der Waals surface area contributed by atoms with E-state index in [1.807, 2.05) is 4.90 Å². The number of hydrogen-bond donors (Lipinski definition) is 1. The van der Waals surface area contributed by atoms with Crippen molar-refractivity contribution >= 4 is 29.2 Å². The van der Waals surface area contributed by atoms with E-state index in [1.165, 1.54) is 5.54 Å². The van der Waals surface area contributed by atoms with Gasteiger partial charge in [-0.1, -0.05) is 23.2 Å². The van der Waals surface area contributed by atoms with Crippen LogP contribution in [0.3, 0.4) is 0 Å². The Labute approximate surface area is 86.9 Å². The van der Waals surface area contributed by atoms with Gasteiger partial charge < -0.3 is 5.11 Å². The van der Waals surface area contributed by atoms with Crippen LogP contribution < -0.4 is 0 Å². The van der Waals surface area contributed by atoms with E-state index < -0.39 is 12.0 Å². The Kier molecular flexibility index (Phi) is 4.03. The van der Waals surface area contributed by atoms with Crippen molar-refractivity contribution < 1.29 is 9.90 Å². The molecule has 0 radical (unpaired) electrons. The molecular formula is C8H11Cl2NO2. The van der Waals surface area contributed by atoms with E-state index in [-0.39, 0.29) is 0 Å². The van der Waals surface area contributed by atoms with Crippen LogP contribution in [-0.2, 0) is 4.79 Å². The van der Waals surface area contributed by atoms with Gasteiger partial charge in [0, 0.05) is 17.1 Å². The number of carboxylic acid groups (broad SMARTS) is 1. The zero-order valence-electron chi connectivity index (χ0n) is 7.04. The monoisotopic (exact) mass is 223 g/mol. The molecule has 0 aromatic heterocycles. The second-order valence-corrected chi connectivity index (χ2v) is 3.73. The number of likely N-dealkylation sites (tertiary alicyclic amines) is 1. The molecule has 1 N–H and O–H groups in total. The molecule has 1 unspecified atom stereocenters. The standard InChI is InChI=1S/C8H11Cl2NO2/c9-4-6(10)5-11-3-1-2-7(11)8(12)13/h4,7H,1-3,5H2,(H,12,13). The number of carboxylic acids is 1. The molecule has 0 amide bonds. The number of halogens is 2. The van der Waals surface area contributed by atoms with Crippen LogP contribution in [0, 0.1) is 0 Å². The van der Waals surface area contributed by atoms with Crippen LogP contribution in [0.25, 0.3) is 0 Å². The van der Waals surface area contributed by atoms with Gasteiger partial charge in [0.1, 0.15) is 6.04 Å². The number of hydrogen-bond acceptors (Lipinski definition) is 2. The number of rotatable bonds is 3. The Morgan fingerprint density at radius 2 is 2.38 bits per heavy atom. The third-order valence-electron chi connectivity index (χ3n) is 2.12. The van der Waals surface area contributed by atoms with Gasteiger partial charge in [-0.05, 0) is 19.4 Å². The Morgan fingerprint density at radius 3 is 2.92 bits per heavy atom. The molecule has 13 heavy (non-hydrogen) atoms. The fourth-order valence-electron chi connectivity index (χ4n) is 1.52. The highest BCUT2D eigenvalue weighted by molar-refractivity contribution is 6.36. The van der Waals surface area contributed by atoms with Crippen LogP contribution in [-0.4, -0.2) is 35.1 Å². The molecule has 0 aromatic rings. The quantitative estimate of drug-likeness (QED) is 0.795. The Morgan fingerprint density at radius 1 is 1.69 bits per heavy atom. The van der Waals surface area contributed by atoms with E-state index in [1.54, 1.807) is 0 Å². The van der Waals surface area contributed by atoms with Crippen molar-refractivity contribution in [1.82, 2.24) is 4.90 Å². The van der Waals surface area contributed by atoms with Crippen molar-refractivity contribution in [3.05, 3.63) is 10.6 Å². The van der Waals surface area contributed by atoms with Crippen LogP contribution in [0.15, 0.2) is 10.6 Å². The number of carbonyl (C=O) groups is 1. The van der Waals surface area contributed by atoms with E-state index in [9.17, 15) is 4.79 Å². The molecule has 1 atom stereocenters. The van der Waals surface area contributed by atoms with Crippen LogP contribution in [0.5, 0.6) is 0 Å². The van der Waals surface area contributed by atoms with Gasteiger partial charge in [0.25, 0.3) is 0 Å². The van der Waals surface area contributed by atoms with Crippen LogP contribution >= 0.6 is 23.2 Å². The summed E-state index contributed by atoms with van der Waals surface area (Å²) >= 11 is 11.1. The lowest BCUT2D eigenvalue weighted by Crippen LogP contribution is -2.36. The van der Waals surface area contributed by atoms with Crippen LogP contribution in [0.4, 0.5) is 0 Å². The minimum absolute atomic E-state index is 0.398. The number of aliphatic carboxylic acids is 1. The summed E-state index contributed by atoms with van der Waals surface area (Å²) in [6.45, 7) is 1.21. The molecule has 0 saturated carbocycles. The van der Waals surface area contributed by atoms with Gasteiger partial charge in [-0.15, -0.1) is 0 Å². The Bertz CT molecular complexity index is 230. The average Bonchev–Trinajstić information content (AvgIpc) is 2.52. The minimum Gasteiger partial charge on any atom is -0.480 e. The lowest BCUT2D eigenvalue weighted by Gasteiger charge is -2.19. The largest absolute Gasteiger partial charge is 0.480 e. The van der Waals surface area contributed by atoms with Crippen molar-refractivity contribution in [2.24, 2.45) is 0 Å². The first-order chi connectivity index (χ1) is 6.15. The molecule has 1 saturated heterocycles. The summed E-state index contributed by atoms with van der Waals surface area (Å²) in [4.78, 5) is 12.6. The second-order valence-electron chi connectivity index (χ2n) is 3.02. The van der Waals surface area contributed by atoms with E-state index in [2.05, 4.69) is 0 Å². The molecule has 0 aromatic carbocycles. The first-order valence-electron chi connectivity index (χ1n) is 4.06.